The van der Waals surface area contributed by atoms with Gasteiger partial charge in [0.15, 0.2) is 0 Å². The van der Waals surface area contributed by atoms with E-state index in [2.05, 4.69) is 52.8 Å². The van der Waals surface area contributed by atoms with Gasteiger partial charge in [-0.1, -0.05) is 42.5 Å². The summed E-state index contributed by atoms with van der Waals surface area (Å²) in [5.74, 6) is -0.369. The minimum atomic E-state index is -0.369. The number of nitrogens with zero attached hydrogens (tertiary/aromatic N) is 2. The lowest BCUT2D eigenvalue weighted by molar-refractivity contribution is 0.1000. The third-order valence-electron chi connectivity index (χ3n) is 5.84. The van der Waals surface area contributed by atoms with Crippen molar-refractivity contribution in [2.24, 2.45) is 5.73 Å². The molecule has 2 heterocycles. The average molecular weight is 374 g/mol. The third kappa shape index (κ3) is 3.31. The fraction of sp³-hybridized carbons (Fsp3) is 0.292. The lowest BCUT2D eigenvalue weighted by Gasteiger charge is -2.18. The van der Waals surface area contributed by atoms with Crippen LogP contribution in [0.1, 0.15) is 40.2 Å². The molecule has 1 aliphatic rings. The fourth-order valence-corrected chi connectivity index (χ4v) is 4.36. The summed E-state index contributed by atoms with van der Waals surface area (Å²) in [6, 6.07) is 18.9. The molecule has 4 heteroatoms. The van der Waals surface area contributed by atoms with E-state index in [0.717, 1.165) is 42.1 Å². The first-order valence-corrected chi connectivity index (χ1v) is 9.95. The molecule has 1 fully saturated rings. The van der Waals surface area contributed by atoms with Gasteiger partial charge in [0, 0.05) is 42.3 Å². The van der Waals surface area contributed by atoms with Gasteiger partial charge in [-0.15, -0.1) is 0 Å². The summed E-state index contributed by atoms with van der Waals surface area (Å²) >= 11 is 0. The molecule has 4 nitrogen and oxygen atoms in total. The third-order valence-corrected chi connectivity index (χ3v) is 5.84. The Bertz CT molecular complexity index is 981. The summed E-state index contributed by atoms with van der Waals surface area (Å²) in [6.45, 7) is 7.03. The van der Waals surface area contributed by atoms with Crippen LogP contribution in [0.4, 0.5) is 5.69 Å². The van der Waals surface area contributed by atoms with Gasteiger partial charge in [0.2, 0.25) is 0 Å². The number of hydrogen-bond donors (Lipinski definition) is 1. The second-order valence-corrected chi connectivity index (χ2v) is 7.60. The van der Waals surface area contributed by atoms with Gasteiger partial charge in [-0.2, -0.15) is 0 Å². The van der Waals surface area contributed by atoms with Crippen molar-refractivity contribution in [3.63, 3.8) is 0 Å². The quantitative estimate of drug-likeness (QED) is 0.715. The molecule has 2 aromatic carbocycles. The van der Waals surface area contributed by atoms with Crippen molar-refractivity contribution < 1.29 is 4.79 Å². The van der Waals surface area contributed by atoms with E-state index in [-0.39, 0.29) is 5.91 Å². The summed E-state index contributed by atoms with van der Waals surface area (Å²) in [4.78, 5) is 14.7. The van der Waals surface area contributed by atoms with Crippen molar-refractivity contribution in [2.75, 3.05) is 18.0 Å². The molecular formula is C24H27N3O. The van der Waals surface area contributed by atoms with Crippen molar-refractivity contribution in [3.05, 3.63) is 77.1 Å². The van der Waals surface area contributed by atoms with Crippen LogP contribution < -0.4 is 10.6 Å². The van der Waals surface area contributed by atoms with Crippen LogP contribution >= 0.6 is 0 Å². The van der Waals surface area contributed by atoms with Crippen LogP contribution in [0.25, 0.3) is 11.1 Å². The largest absolute Gasteiger partial charge is 0.372 e. The van der Waals surface area contributed by atoms with E-state index in [1.165, 1.54) is 24.1 Å². The average Bonchev–Trinajstić information content (AvgIpc) is 3.32. The molecule has 3 aromatic rings. The molecule has 0 atom stereocenters. The zero-order valence-electron chi connectivity index (χ0n) is 16.6. The van der Waals surface area contributed by atoms with Crippen LogP contribution in [-0.2, 0) is 6.54 Å². The Hall–Kier alpha value is -3.01. The molecule has 0 aliphatic carbocycles. The van der Waals surface area contributed by atoms with E-state index in [9.17, 15) is 4.79 Å². The number of primary amides is 1. The molecule has 0 spiro atoms. The standard InChI is InChI=1S/C24H27N3O/c1-17-22(20-10-12-21(13-11-20)26-14-6-7-15-26)23(24(25)28)18(2)27(17)16-19-8-4-3-5-9-19/h3-5,8-13H,6-7,14-16H2,1-2H3,(H2,25,28). The number of nitrogens with two attached hydrogens (primary N) is 1. The highest BCUT2D eigenvalue weighted by molar-refractivity contribution is 6.02. The number of rotatable bonds is 5. The summed E-state index contributed by atoms with van der Waals surface area (Å²) in [5, 5.41) is 0. The summed E-state index contributed by atoms with van der Waals surface area (Å²) < 4.78 is 2.19. The lowest BCUT2D eigenvalue weighted by Crippen LogP contribution is -2.17. The highest BCUT2D eigenvalue weighted by Crippen LogP contribution is 2.34. The zero-order chi connectivity index (χ0) is 19.7. The SMILES string of the molecule is Cc1c(C(N)=O)c(-c2ccc(N3CCCC3)cc2)c(C)n1Cc1ccccc1. The van der Waals surface area contributed by atoms with Crippen molar-refractivity contribution in [3.8, 4) is 11.1 Å². The minimum Gasteiger partial charge on any atom is -0.372 e. The highest BCUT2D eigenvalue weighted by atomic mass is 16.1. The molecule has 4 rings (SSSR count). The zero-order valence-corrected chi connectivity index (χ0v) is 16.6. The molecule has 2 N–H and O–H groups in total. The van der Waals surface area contributed by atoms with E-state index >= 15 is 0 Å². The summed E-state index contributed by atoms with van der Waals surface area (Å²) in [6.07, 6.45) is 2.52. The highest BCUT2D eigenvalue weighted by Gasteiger charge is 2.23. The first kappa shape index (κ1) is 18.4. The molecular weight excluding hydrogens is 346 g/mol. The van der Waals surface area contributed by atoms with Crippen LogP contribution in [0.3, 0.4) is 0 Å². The van der Waals surface area contributed by atoms with Gasteiger partial charge >= 0.3 is 0 Å². The van der Waals surface area contributed by atoms with Gasteiger partial charge in [0.05, 0.1) is 5.56 Å². The van der Waals surface area contributed by atoms with E-state index in [1.54, 1.807) is 0 Å². The first-order chi connectivity index (χ1) is 13.6. The first-order valence-electron chi connectivity index (χ1n) is 9.95. The monoisotopic (exact) mass is 373 g/mol. The maximum atomic E-state index is 12.3. The normalized spacial score (nSPS) is 13.9. The second-order valence-electron chi connectivity index (χ2n) is 7.60. The number of aromatic nitrogens is 1. The van der Waals surface area contributed by atoms with Crippen LogP contribution in [0.15, 0.2) is 54.6 Å². The Morgan fingerprint density at radius 3 is 2.18 bits per heavy atom. The van der Waals surface area contributed by atoms with Crippen molar-refractivity contribution in [2.45, 2.75) is 33.2 Å². The van der Waals surface area contributed by atoms with E-state index < -0.39 is 0 Å². The van der Waals surface area contributed by atoms with E-state index in [4.69, 9.17) is 5.73 Å². The summed E-state index contributed by atoms with van der Waals surface area (Å²) in [5.41, 5.74) is 12.9. The number of benzene rings is 2. The number of hydrogen-bond acceptors (Lipinski definition) is 2. The molecule has 0 unspecified atom stereocenters. The van der Waals surface area contributed by atoms with Gasteiger partial charge in [0.25, 0.3) is 5.91 Å². The van der Waals surface area contributed by atoms with Crippen LogP contribution in [0, 0.1) is 13.8 Å². The Morgan fingerprint density at radius 2 is 1.57 bits per heavy atom. The molecule has 1 amide bonds. The number of carbonyl (C=O) groups is 1. The van der Waals surface area contributed by atoms with Gasteiger partial charge < -0.3 is 15.2 Å². The van der Waals surface area contributed by atoms with Gasteiger partial charge in [0.1, 0.15) is 0 Å². The van der Waals surface area contributed by atoms with Crippen molar-refractivity contribution >= 4 is 11.6 Å². The molecule has 0 saturated carbocycles. The topological polar surface area (TPSA) is 51.3 Å². The smallest absolute Gasteiger partial charge is 0.251 e. The minimum absolute atomic E-state index is 0.369. The fourth-order valence-electron chi connectivity index (χ4n) is 4.36. The van der Waals surface area contributed by atoms with E-state index in [0.29, 0.717) is 5.56 Å². The summed E-state index contributed by atoms with van der Waals surface area (Å²) in [7, 11) is 0. The van der Waals surface area contributed by atoms with Crippen molar-refractivity contribution in [1.82, 2.24) is 4.57 Å². The van der Waals surface area contributed by atoms with Crippen LogP contribution in [-0.4, -0.2) is 23.6 Å². The number of anilines is 1. The molecule has 1 aromatic heterocycles. The van der Waals surface area contributed by atoms with Gasteiger partial charge in [-0.25, -0.2) is 0 Å². The molecule has 0 radical (unpaired) electrons. The second kappa shape index (κ2) is 7.55. The van der Waals surface area contributed by atoms with Gasteiger partial charge in [-0.05, 0) is 49.9 Å². The molecule has 1 saturated heterocycles. The maximum Gasteiger partial charge on any atom is 0.251 e. The predicted octanol–water partition coefficient (Wildman–Crippen LogP) is 4.52. The Kier molecular flexibility index (Phi) is 4.95. The Balaban J connectivity index is 1.75. The van der Waals surface area contributed by atoms with Crippen molar-refractivity contribution in [1.29, 1.82) is 0 Å². The molecule has 28 heavy (non-hydrogen) atoms. The van der Waals surface area contributed by atoms with Gasteiger partial charge in [-0.3, -0.25) is 4.79 Å². The molecule has 0 bridgehead atoms. The predicted molar refractivity (Wildman–Crippen MR) is 115 cm³/mol. The maximum absolute atomic E-state index is 12.3. The van der Waals surface area contributed by atoms with E-state index in [1.807, 2.05) is 25.1 Å². The van der Waals surface area contributed by atoms with Crippen LogP contribution in [0.2, 0.25) is 0 Å². The number of amides is 1. The molecule has 1 aliphatic heterocycles. The Labute approximate surface area is 166 Å². The van der Waals surface area contributed by atoms with Crippen LogP contribution in [0.5, 0.6) is 0 Å². The number of carbonyl (C=O) groups excluding carboxylic acids is 1. The lowest BCUT2D eigenvalue weighted by atomic mass is 9.99. The molecule has 144 valence electrons. The Morgan fingerprint density at radius 1 is 0.929 bits per heavy atom.